The van der Waals surface area contributed by atoms with Crippen LogP contribution < -0.4 is 10.6 Å². The number of piperidine rings is 1. The van der Waals surface area contributed by atoms with Gasteiger partial charge in [0.05, 0.1) is 5.41 Å². The van der Waals surface area contributed by atoms with Crippen LogP contribution in [0, 0.1) is 0 Å². The lowest BCUT2D eigenvalue weighted by molar-refractivity contribution is -0.128. The van der Waals surface area contributed by atoms with Crippen molar-refractivity contribution in [3.05, 3.63) is 22.4 Å². The number of nitrogens with one attached hydrogen (secondary N) is 2. The van der Waals surface area contributed by atoms with Crippen molar-refractivity contribution < 1.29 is 4.79 Å². The number of thiophene rings is 1. The lowest BCUT2D eigenvalue weighted by Gasteiger charge is -2.37. The predicted molar refractivity (Wildman–Crippen MR) is 83.1 cm³/mol. The van der Waals surface area contributed by atoms with Crippen molar-refractivity contribution in [3.8, 4) is 0 Å². The molecule has 1 aliphatic heterocycles. The van der Waals surface area contributed by atoms with Gasteiger partial charge in [-0.2, -0.15) is 0 Å². The van der Waals surface area contributed by atoms with Crippen LogP contribution in [0.1, 0.15) is 49.8 Å². The van der Waals surface area contributed by atoms with Crippen LogP contribution in [0.15, 0.2) is 17.5 Å². The molecule has 3 rings (SSSR count). The lowest BCUT2D eigenvalue weighted by atomic mass is 9.72. The Morgan fingerprint density at radius 3 is 2.80 bits per heavy atom. The lowest BCUT2D eigenvalue weighted by Crippen LogP contribution is -2.52. The van der Waals surface area contributed by atoms with E-state index in [2.05, 4.69) is 28.1 Å². The summed E-state index contributed by atoms with van der Waals surface area (Å²) in [7, 11) is 0. The summed E-state index contributed by atoms with van der Waals surface area (Å²) in [5.74, 6) is 0.272. The molecule has 110 valence electrons. The second-order valence-electron chi connectivity index (χ2n) is 6.14. The van der Waals surface area contributed by atoms with Crippen molar-refractivity contribution in [2.75, 3.05) is 13.1 Å². The molecular formula is C16H24N2OS. The van der Waals surface area contributed by atoms with E-state index in [-0.39, 0.29) is 11.3 Å². The molecule has 0 aromatic carbocycles. The fourth-order valence-corrected chi connectivity index (χ4v) is 4.57. The van der Waals surface area contributed by atoms with Crippen LogP contribution in [-0.2, 0) is 10.2 Å². The molecule has 1 unspecified atom stereocenters. The Morgan fingerprint density at radius 1 is 1.30 bits per heavy atom. The predicted octanol–water partition coefficient (Wildman–Crippen LogP) is 2.82. The minimum Gasteiger partial charge on any atom is -0.351 e. The Hall–Kier alpha value is -0.870. The maximum atomic E-state index is 13.0. The maximum absolute atomic E-state index is 13.0. The highest BCUT2D eigenvalue weighted by Crippen LogP contribution is 2.41. The zero-order valence-corrected chi connectivity index (χ0v) is 12.8. The molecule has 3 nitrogen and oxygen atoms in total. The first kappa shape index (κ1) is 14.1. The highest BCUT2D eigenvalue weighted by molar-refractivity contribution is 7.10. The minimum absolute atomic E-state index is 0.246. The normalized spacial score (nSPS) is 26.1. The van der Waals surface area contributed by atoms with Crippen molar-refractivity contribution in [3.63, 3.8) is 0 Å². The second-order valence-corrected chi connectivity index (χ2v) is 7.08. The summed E-state index contributed by atoms with van der Waals surface area (Å²) in [6.45, 7) is 2.01. The molecule has 1 aromatic heterocycles. The van der Waals surface area contributed by atoms with Crippen LogP contribution in [0.2, 0.25) is 0 Å². The van der Waals surface area contributed by atoms with Gasteiger partial charge in [0.1, 0.15) is 0 Å². The molecule has 1 aliphatic carbocycles. The fourth-order valence-electron chi connectivity index (χ4n) is 3.59. The van der Waals surface area contributed by atoms with Gasteiger partial charge < -0.3 is 10.6 Å². The number of carbonyl (C=O) groups excluding carboxylic acids is 1. The van der Waals surface area contributed by atoms with E-state index in [1.807, 2.05) is 0 Å². The highest BCUT2D eigenvalue weighted by Gasteiger charge is 2.42. The van der Waals surface area contributed by atoms with Gasteiger partial charge in [-0.3, -0.25) is 4.79 Å². The molecular weight excluding hydrogens is 268 g/mol. The summed E-state index contributed by atoms with van der Waals surface area (Å²) in [5.41, 5.74) is -0.246. The van der Waals surface area contributed by atoms with Gasteiger partial charge in [0, 0.05) is 17.5 Å². The fraction of sp³-hybridized carbons (Fsp3) is 0.688. The largest absolute Gasteiger partial charge is 0.351 e. The molecule has 4 heteroatoms. The first-order chi connectivity index (χ1) is 9.81. The van der Waals surface area contributed by atoms with E-state index in [9.17, 15) is 4.79 Å². The highest BCUT2D eigenvalue weighted by atomic mass is 32.1. The van der Waals surface area contributed by atoms with E-state index < -0.39 is 0 Å². The number of hydrogen-bond acceptors (Lipinski definition) is 3. The van der Waals surface area contributed by atoms with Gasteiger partial charge in [-0.15, -0.1) is 11.3 Å². The van der Waals surface area contributed by atoms with Crippen LogP contribution in [0.3, 0.4) is 0 Å². The summed E-state index contributed by atoms with van der Waals surface area (Å²) < 4.78 is 0. The van der Waals surface area contributed by atoms with Crippen LogP contribution >= 0.6 is 11.3 Å². The third-order valence-corrected chi connectivity index (χ3v) is 5.84. The molecule has 2 N–H and O–H groups in total. The summed E-state index contributed by atoms with van der Waals surface area (Å²) in [5, 5.41) is 8.80. The van der Waals surface area contributed by atoms with Crippen molar-refractivity contribution >= 4 is 17.2 Å². The Labute approximate surface area is 125 Å². The molecule has 0 bridgehead atoms. The second kappa shape index (κ2) is 6.27. The quantitative estimate of drug-likeness (QED) is 0.899. The van der Waals surface area contributed by atoms with E-state index in [0.29, 0.717) is 6.04 Å². The van der Waals surface area contributed by atoms with Crippen molar-refractivity contribution in [2.24, 2.45) is 0 Å². The molecule has 1 amide bonds. The van der Waals surface area contributed by atoms with Gasteiger partial charge in [-0.1, -0.05) is 25.3 Å². The summed E-state index contributed by atoms with van der Waals surface area (Å²) in [6, 6.07) is 4.54. The SMILES string of the molecule is O=C(NC1CCCNC1)C1(c2cccs2)CCCCC1. The Morgan fingerprint density at radius 2 is 2.15 bits per heavy atom. The summed E-state index contributed by atoms with van der Waals surface area (Å²) in [4.78, 5) is 14.2. The van der Waals surface area contributed by atoms with Crippen LogP contribution in [0.4, 0.5) is 0 Å². The van der Waals surface area contributed by atoms with Gasteiger partial charge in [0.25, 0.3) is 0 Å². The average Bonchev–Trinajstić information content (AvgIpc) is 3.04. The third-order valence-electron chi connectivity index (χ3n) is 4.77. The molecule has 1 saturated carbocycles. The smallest absolute Gasteiger partial charge is 0.231 e. The summed E-state index contributed by atoms with van der Waals surface area (Å²) in [6.07, 6.45) is 7.92. The van der Waals surface area contributed by atoms with Gasteiger partial charge in [0.2, 0.25) is 5.91 Å². The molecule has 1 atom stereocenters. The molecule has 2 aliphatic rings. The number of amides is 1. The first-order valence-electron chi connectivity index (χ1n) is 7.87. The van der Waals surface area contributed by atoms with Gasteiger partial charge in [-0.05, 0) is 43.7 Å². The van der Waals surface area contributed by atoms with E-state index in [4.69, 9.17) is 0 Å². The molecule has 1 aromatic rings. The van der Waals surface area contributed by atoms with Crippen LogP contribution in [-0.4, -0.2) is 25.0 Å². The third kappa shape index (κ3) is 2.77. The zero-order valence-electron chi connectivity index (χ0n) is 12.0. The molecule has 0 spiro atoms. The number of rotatable bonds is 3. The topological polar surface area (TPSA) is 41.1 Å². The first-order valence-corrected chi connectivity index (χ1v) is 8.75. The average molecular weight is 292 g/mol. The monoisotopic (exact) mass is 292 g/mol. The molecule has 0 radical (unpaired) electrons. The summed E-state index contributed by atoms with van der Waals surface area (Å²) >= 11 is 1.74. The van der Waals surface area contributed by atoms with E-state index in [1.54, 1.807) is 11.3 Å². The van der Waals surface area contributed by atoms with Crippen molar-refractivity contribution in [1.29, 1.82) is 0 Å². The Balaban J connectivity index is 1.76. The molecule has 2 heterocycles. The number of carbonyl (C=O) groups is 1. The van der Waals surface area contributed by atoms with E-state index in [1.165, 1.54) is 24.1 Å². The molecule has 2 fully saturated rings. The molecule has 1 saturated heterocycles. The van der Waals surface area contributed by atoms with Crippen molar-refractivity contribution in [2.45, 2.75) is 56.4 Å². The minimum atomic E-state index is -0.246. The zero-order chi connectivity index (χ0) is 13.8. The van der Waals surface area contributed by atoms with Crippen molar-refractivity contribution in [1.82, 2.24) is 10.6 Å². The Kier molecular flexibility index (Phi) is 4.41. The van der Waals surface area contributed by atoms with Gasteiger partial charge >= 0.3 is 0 Å². The molecule has 20 heavy (non-hydrogen) atoms. The van der Waals surface area contributed by atoms with E-state index in [0.717, 1.165) is 38.8 Å². The number of hydrogen-bond donors (Lipinski definition) is 2. The van der Waals surface area contributed by atoms with Crippen LogP contribution in [0.5, 0.6) is 0 Å². The standard InChI is InChI=1S/C16H24N2OS/c19-15(18-13-6-4-10-17-12-13)16(8-2-1-3-9-16)14-7-5-11-20-14/h5,7,11,13,17H,1-4,6,8-10,12H2,(H,18,19). The Bertz CT molecular complexity index is 431. The van der Waals surface area contributed by atoms with E-state index >= 15 is 0 Å². The van der Waals surface area contributed by atoms with Crippen LogP contribution in [0.25, 0.3) is 0 Å². The maximum Gasteiger partial charge on any atom is 0.231 e. The van der Waals surface area contributed by atoms with Gasteiger partial charge in [-0.25, -0.2) is 0 Å². The van der Waals surface area contributed by atoms with Gasteiger partial charge in [0.15, 0.2) is 0 Å².